The number of halogens is 3. The molecule has 0 fully saturated rings. The highest BCUT2D eigenvalue weighted by Gasteiger charge is 2.11. The van der Waals surface area contributed by atoms with Crippen molar-refractivity contribution >= 4 is 29.0 Å². The van der Waals surface area contributed by atoms with Crippen molar-refractivity contribution in [3.05, 3.63) is 40.4 Å². The van der Waals surface area contributed by atoms with Crippen LogP contribution in [-0.2, 0) is 0 Å². The molecule has 0 aliphatic rings. The van der Waals surface area contributed by atoms with Gasteiger partial charge >= 0.3 is 0 Å². The van der Waals surface area contributed by atoms with Gasteiger partial charge in [0.05, 0.1) is 10.0 Å². The number of aromatic nitrogens is 2. The lowest BCUT2D eigenvalue weighted by atomic mass is 10.1. The van der Waals surface area contributed by atoms with Crippen LogP contribution in [0.25, 0.3) is 11.3 Å². The molecule has 0 saturated carbocycles. The molecule has 2 N–H and O–H groups in total. The fraction of sp³-hybridized carbons (Fsp3) is 0. The maximum absolute atomic E-state index is 13.6. The summed E-state index contributed by atoms with van der Waals surface area (Å²) >= 11 is 11.6. The lowest BCUT2D eigenvalue weighted by Crippen LogP contribution is -1.99. The molecule has 6 heteroatoms. The Morgan fingerprint density at radius 1 is 1.12 bits per heavy atom. The van der Waals surface area contributed by atoms with Crippen LogP contribution in [0.1, 0.15) is 0 Å². The van der Waals surface area contributed by atoms with Crippen molar-refractivity contribution in [3.8, 4) is 11.3 Å². The quantitative estimate of drug-likeness (QED) is 0.854. The van der Waals surface area contributed by atoms with Crippen LogP contribution in [0.15, 0.2) is 24.5 Å². The van der Waals surface area contributed by atoms with Gasteiger partial charge in [0.15, 0.2) is 11.6 Å². The summed E-state index contributed by atoms with van der Waals surface area (Å²) in [5, 5.41) is 0.726. The SMILES string of the molecule is Nc1ncnc(-c2ccc(Cl)c(Cl)c2)c1F. The number of nitrogens with two attached hydrogens (primary N) is 1. The monoisotopic (exact) mass is 257 g/mol. The molecule has 1 heterocycles. The van der Waals surface area contributed by atoms with Gasteiger partial charge in [0.2, 0.25) is 0 Å². The number of hydrogen-bond donors (Lipinski definition) is 1. The highest BCUT2D eigenvalue weighted by atomic mass is 35.5. The summed E-state index contributed by atoms with van der Waals surface area (Å²) in [5.74, 6) is -0.864. The molecular formula is C10H6Cl2FN3. The lowest BCUT2D eigenvalue weighted by Gasteiger charge is -2.04. The van der Waals surface area contributed by atoms with Crippen LogP contribution >= 0.6 is 23.2 Å². The predicted molar refractivity (Wildman–Crippen MR) is 61.9 cm³/mol. The molecule has 3 nitrogen and oxygen atoms in total. The second-order valence-electron chi connectivity index (χ2n) is 3.05. The molecule has 1 aromatic carbocycles. The molecule has 82 valence electrons. The highest BCUT2D eigenvalue weighted by molar-refractivity contribution is 6.42. The Morgan fingerprint density at radius 2 is 1.88 bits per heavy atom. The van der Waals surface area contributed by atoms with Gasteiger partial charge in [-0.1, -0.05) is 29.3 Å². The number of nitrogen functional groups attached to an aromatic ring is 1. The molecule has 0 bridgehead atoms. The lowest BCUT2D eigenvalue weighted by molar-refractivity contribution is 0.624. The Morgan fingerprint density at radius 3 is 2.56 bits per heavy atom. The molecule has 0 aliphatic heterocycles. The maximum atomic E-state index is 13.6. The van der Waals surface area contributed by atoms with Crippen LogP contribution in [0.2, 0.25) is 10.0 Å². The average molecular weight is 258 g/mol. The Bertz CT molecular complexity index is 546. The molecule has 0 aliphatic carbocycles. The van der Waals surface area contributed by atoms with Crippen LogP contribution in [0.5, 0.6) is 0 Å². The third kappa shape index (κ3) is 1.94. The van der Waals surface area contributed by atoms with Crippen LogP contribution in [0.3, 0.4) is 0 Å². The second-order valence-corrected chi connectivity index (χ2v) is 3.86. The van der Waals surface area contributed by atoms with E-state index in [-0.39, 0.29) is 11.5 Å². The highest BCUT2D eigenvalue weighted by Crippen LogP contribution is 2.29. The molecule has 2 rings (SSSR count). The molecule has 0 unspecified atom stereocenters. The first kappa shape index (κ1) is 11.1. The van der Waals surface area contributed by atoms with E-state index in [1.54, 1.807) is 12.1 Å². The van der Waals surface area contributed by atoms with E-state index in [1.807, 2.05) is 0 Å². The summed E-state index contributed by atoms with van der Waals surface area (Å²) in [5.41, 5.74) is 5.94. The normalized spacial score (nSPS) is 10.4. The van der Waals surface area contributed by atoms with Crippen LogP contribution in [-0.4, -0.2) is 9.97 Å². The van der Waals surface area contributed by atoms with Crippen LogP contribution < -0.4 is 5.73 Å². The van der Waals surface area contributed by atoms with E-state index in [4.69, 9.17) is 28.9 Å². The molecular weight excluding hydrogens is 252 g/mol. The van der Waals surface area contributed by atoms with E-state index in [0.29, 0.717) is 15.6 Å². The number of nitrogens with zero attached hydrogens (tertiary/aromatic N) is 2. The van der Waals surface area contributed by atoms with Gasteiger partial charge in [0.1, 0.15) is 12.0 Å². The van der Waals surface area contributed by atoms with E-state index in [0.717, 1.165) is 0 Å². The largest absolute Gasteiger partial charge is 0.381 e. The maximum Gasteiger partial charge on any atom is 0.191 e. The smallest absolute Gasteiger partial charge is 0.191 e. The van der Waals surface area contributed by atoms with Crippen molar-refractivity contribution in [2.75, 3.05) is 5.73 Å². The first-order valence-corrected chi connectivity index (χ1v) is 5.06. The molecule has 0 radical (unpaired) electrons. The molecule has 1 aromatic heterocycles. The standard InChI is InChI=1S/C10H6Cl2FN3/c11-6-2-1-5(3-7(6)12)9-8(13)10(14)16-4-15-9/h1-4H,(H2,14,15,16). The summed E-state index contributed by atoms with van der Waals surface area (Å²) in [4.78, 5) is 7.35. The predicted octanol–water partition coefficient (Wildman–Crippen LogP) is 3.17. The van der Waals surface area contributed by atoms with E-state index in [2.05, 4.69) is 9.97 Å². The van der Waals surface area contributed by atoms with Crippen LogP contribution in [0.4, 0.5) is 10.2 Å². The molecule has 0 saturated heterocycles. The van der Waals surface area contributed by atoms with Gasteiger partial charge < -0.3 is 5.73 Å². The fourth-order valence-electron chi connectivity index (χ4n) is 1.23. The minimum Gasteiger partial charge on any atom is -0.381 e. The Labute approximate surface area is 101 Å². The number of rotatable bonds is 1. The van der Waals surface area contributed by atoms with Crippen molar-refractivity contribution in [2.24, 2.45) is 0 Å². The molecule has 2 aromatic rings. The molecule has 16 heavy (non-hydrogen) atoms. The van der Waals surface area contributed by atoms with Crippen molar-refractivity contribution in [1.29, 1.82) is 0 Å². The zero-order valence-corrected chi connectivity index (χ0v) is 9.43. The number of anilines is 1. The second kappa shape index (κ2) is 4.23. The van der Waals surface area contributed by atoms with E-state index in [9.17, 15) is 4.39 Å². The Hall–Kier alpha value is -1.39. The third-order valence-corrected chi connectivity index (χ3v) is 2.75. The molecule has 0 atom stereocenters. The number of benzene rings is 1. The summed E-state index contributed by atoms with van der Waals surface area (Å²) in [7, 11) is 0. The topological polar surface area (TPSA) is 51.8 Å². The van der Waals surface area contributed by atoms with Crippen molar-refractivity contribution in [3.63, 3.8) is 0 Å². The number of hydrogen-bond acceptors (Lipinski definition) is 3. The van der Waals surface area contributed by atoms with Gasteiger partial charge in [0, 0.05) is 5.56 Å². The van der Waals surface area contributed by atoms with E-state index >= 15 is 0 Å². The van der Waals surface area contributed by atoms with E-state index in [1.165, 1.54) is 12.4 Å². The van der Waals surface area contributed by atoms with E-state index < -0.39 is 5.82 Å². The first-order chi connectivity index (χ1) is 7.59. The van der Waals surface area contributed by atoms with Gasteiger partial charge in [-0.15, -0.1) is 0 Å². The first-order valence-electron chi connectivity index (χ1n) is 4.31. The zero-order chi connectivity index (χ0) is 11.7. The Kier molecular flexibility index (Phi) is 2.94. The summed E-state index contributed by atoms with van der Waals surface area (Å²) < 4.78 is 13.6. The minimum atomic E-state index is -0.666. The molecule has 0 amide bonds. The van der Waals surface area contributed by atoms with Crippen molar-refractivity contribution < 1.29 is 4.39 Å². The van der Waals surface area contributed by atoms with Crippen molar-refractivity contribution in [2.45, 2.75) is 0 Å². The van der Waals surface area contributed by atoms with Gasteiger partial charge in [-0.25, -0.2) is 14.4 Å². The third-order valence-electron chi connectivity index (χ3n) is 2.01. The summed E-state index contributed by atoms with van der Waals surface area (Å²) in [6, 6.07) is 4.70. The van der Waals surface area contributed by atoms with Gasteiger partial charge in [0.25, 0.3) is 0 Å². The van der Waals surface area contributed by atoms with Gasteiger partial charge in [-0.2, -0.15) is 0 Å². The van der Waals surface area contributed by atoms with Gasteiger partial charge in [-0.3, -0.25) is 0 Å². The van der Waals surface area contributed by atoms with Crippen molar-refractivity contribution in [1.82, 2.24) is 9.97 Å². The van der Waals surface area contributed by atoms with Gasteiger partial charge in [-0.05, 0) is 12.1 Å². The average Bonchev–Trinajstić information content (AvgIpc) is 2.26. The molecule has 0 spiro atoms. The summed E-state index contributed by atoms with van der Waals surface area (Å²) in [6.45, 7) is 0. The minimum absolute atomic E-state index is 0.103. The zero-order valence-electron chi connectivity index (χ0n) is 7.92. The summed E-state index contributed by atoms with van der Waals surface area (Å²) in [6.07, 6.45) is 1.19. The Balaban J connectivity index is 2.59. The van der Waals surface area contributed by atoms with Crippen LogP contribution in [0, 0.1) is 5.82 Å². The fourth-order valence-corrected chi connectivity index (χ4v) is 1.53.